The number of ether oxygens (including phenoxy) is 1. The van der Waals surface area contributed by atoms with Gasteiger partial charge >= 0.3 is 5.97 Å². The van der Waals surface area contributed by atoms with Crippen LogP contribution in [0.1, 0.15) is 17.3 Å². The highest BCUT2D eigenvalue weighted by molar-refractivity contribution is 5.97. The van der Waals surface area contributed by atoms with Gasteiger partial charge in [0.2, 0.25) is 0 Å². The number of hydrogen-bond donors (Lipinski definition) is 1. The quantitative estimate of drug-likeness (QED) is 0.739. The Morgan fingerprint density at radius 3 is 2.90 bits per heavy atom. The van der Waals surface area contributed by atoms with Gasteiger partial charge in [0.15, 0.2) is 0 Å². The predicted octanol–water partition coefficient (Wildman–Crippen LogP) is 3.41. The van der Waals surface area contributed by atoms with Crippen LogP contribution in [0.4, 0.5) is 0 Å². The molecule has 0 bridgehead atoms. The van der Waals surface area contributed by atoms with Gasteiger partial charge < -0.3 is 9.72 Å². The molecule has 4 nitrogen and oxygen atoms in total. The van der Waals surface area contributed by atoms with E-state index < -0.39 is 0 Å². The molecule has 2 heterocycles. The number of aromatic amines is 1. The second-order valence-electron chi connectivity index (χ2n) is 4.39. The highest BCUT2D eigenvalue weighted by Crippen LogP contribution is 2.25. The Morgan fingerprint density at radius 2 is 2.10 bits per heavy atom. The first-order chi connectivity index (χ1) is 9.79. The summed E-state index contributed by atoms with van der Waals surface area (Å²) in [5.41, 5.74) is 2.92. The summed E-state index contributed by atoms with van der Waals surface area (Å²) >= 11 is 0. The zero-order chi connectivity index (χ0) is 13.9. The van der Waals surface area contributed by atoms with Crippen LogP contribution >= 0.6 is 0 Å². The van der Waals surface area contributed by atoms with E-state index in [2.05, 4.69) is 9.97 Å². The van der Waals surface area contributed by atoms with Crippen molar-refractivity contribution in [3.63, 3.8) is 0 Å². The van der Waals surface area contributed by atoms with Crippen LogP contribution in [0.15, 0.2) is 48.7 Å². The lowest BCUT2D eigenvalue weighted by molar-refractivity contribution is 0.0527. The Labute approximate surface area is 116 Å². The number of benzene rings is 1. The van der Waals surface area contributed by atoms with E-state index in [9.17, 15) is 4.79 Å². The van der Waals surface area contributed by atoms with Crippen molar-refractivity contribution in [2.45, 2.75) is 6.92 Å². The van der Waals surface area contributed by atoms with Crippen molar-refractivity contribution in [1.82, 2.24) is 9.97 Å². The molecule has 0 unspecified atom stereocenters. The summed E-state index contributed by atoms with van der Waals surface area (Å²) in [5.74, 6) is -0.353. The lowest BCUT2D eigenvalue weighted by Crippen LogP contribution is -2.07. The van der Waals surface area contributed by atoms with Crippen LogP contribution in [0.3, 0.4) is 0 Å². The number of H-pyrrole nitrogens is 1. The number of nitrogens with zero attached hydrogens (tertiary/aromatic N) is 1. The van der Waals surface area contributed by atoms with Crippen molar-refractivity contribution in [2.75, 3.05) is 6.61 Å². The van der Waals surface area contributed by atoms with Crippen molar-refractivity contribution in [3.8, 4) is 11.4 Å². The van der Waals surface area contributed by atoms with Gasteiger partial charge in [-0.15, -0.1) is 0 Å². The summed E-state index contributed by atoms with van der Waals surface area (Å²) in [6, 6.07) is 13.4. The maximum atomic E-state index is 12.0. The molecule has 3 rings (SSSR count). The summed E-state index contributed by atoms with van der Waals surface area (Å²) in [7, 11) is 0. The standard InChI is InChI=1S/C16H14N2O2/c1-2-20-16(19)12-7-5-9-17-15(12)14-10-11-6-3-4-8-13(11)18-14/h3-10,18H,2H2,1H3. The highest BCUT2D eigenvalue weighted by atomic mass is 16.5. The first kappa shape index (κ1) is 12.4. The molecule has 0 saturated heterocycles. The molecule has 4 heteroatoms. The molecule has 0 radical (unpaired) electrons. The average Bonchev–Trinajstić information content (AvgIpc) is 2.91. The zero-order valence-corrected chi connectivity index (χ0v) is 11.1. The molecule has 100 valence electrons. The zero-order valence-electron chi connectivity index (χ0n) is 11.1. The van der Waals surface area contributed by atoms with E-state index in [1.807, 2.05) is 30.3 Å². The number of carbonyl (C=O) groups is 1. The van der Waals surface area contributed by atoms with Gasteiger partial charge in [0.1, 0.15) is 5.69 Å². The van der Waals surface area contributed by atoms with Gasteiger partial charge in [0, 0.05) is 17.1 Å². The van der Waals surface area contributed by atoms with Gasteiger partial charge in [-0.05, 0) is 31.2 Å². The second kappa shape index (κ2) is 5.17. The monoisotopic (exact) mass is 266 g/mol. The maximum Gasteiger partial charge on any atom is 0.340 e. The molecular formula is C16H14N2O2. The number of esters is 1. The van der Waals surface area contributed by atoms with E-state index in [0.29, 0.717) is 17.9 Å². The van der Waals surface area contributed by atoms with Crippen molar-refractivity contribution >= 4 is 16.9 Å². The predicted molar refractivity (Wildman–Crippen MR) is 77.5 cm³/mol. The van der Waals surface area contributed by atoms with Crippen LogP contribution in [0.2, 0.25) is 0 Å². The number of aromatic nitrogens is 2. The normalized spacial score (nSPS) is 10.7. The van der Waals surface area contributed by atoms with Gasteiger partial charge in [-0.2, -0.15) is 0 Å². The number of hydrogen-bond acceptors (Lipinski definition) is 3. The second-order valence-corrected chi connectivity index (χ2v) is 4.39. The fourth-order valence-corrected chi connectivity index (χ4v) is 2.19. The molecule has 1 aromatic carbocycles. The first-order valence-electron chi connectivity index (χ1n) is 6.50. The molecule has 0 saturated carbocycles. The van der Waals surface area contributed by atoms with Gasteiger partial charge in [0.25, 0.3) is 0 Å². The van der Waals surface area contributed by atoms with Crippen LogP contribution in [-0.4, -0.2) is 22.5 Å². The van der Waals surface area contributed by atoms with Crippen LogP contribution in [0, 0.1) is 0 Å². The number of carbonyl (C=O) groups excluding carboxylic acids is 1. The van der Waals surface area contributed by atoms with Crippen molar-refractivity contribution in [3.05, 3.63) is 54.2 Å². The van der Waals surface area contributed by atoms with E-state index in [-0.39, 0.29) is 5.97 Å². The average molecular weight is 266 g/mol. The topological polar surface area (TPSA) is 55.0 Å². The van der Waals surface area contributed by atoms with Crippen molar-refractivity contribution in [1.29, 1.82) is 0 Å². The fraction of sp³-hybridized carbons (Fsp3) is 0.125. The molecule has 0 aliphatic heterocycles. The highest BCUT2D eigenvalue weighted by Gasteiger charge is 2.16. The molecule has 0 aliphatic rings. The van der Waals surface area contributed by atoms with E-state index >= 15 is 0 Å². The van der Waals surface area contributed by atoms with Gasteiger partial charge in [-0.25, -0.2) is 4.79 Å². The number of pyridine rings is 1. The third kappa shape index (κ3) is 2.16. The molecule has 2 aromatic heterocycles. The molecule has 0 aliphatic carbocycles. The summed E-state index contributed by atoms with van der Waals surface area (Å²) in [5, 5.41) is 1.09. The molecule has 3 aromatic rings. The fourth-order valence-electron chi connectivity index (χ4n) is 2.19. The summed E-state index contributed by atoms with van der Waals surface area (Å²) < 4.78 is 5.07. The van der Waals surface area contributed by atoms with Gasteiger partial charge in [0.05, 0.1) is 17.9 Å². The largest absolute Gasteiger partial charge is 0.462 e. The lowest BCUT2D eigenvalue weighted by Gasteiger charge is -2.05. The molecular weight excluding hydrogens is 252 g/mol. The van der Waals surface area contributed by atoms with Crippen LogP contribution in [0.5, 0.6) is 0 Å². The van der Waals surface area contributed by atoms with Crippen molar-refractivity contribution < 1.29 is 9.53 Å². The Kier molecular flexibility index (Phi) is 3.21. The minimum absolute atomic E-state index is 0.347. The lowest BCUT2D eigenvalue weighted by atomic mass is 10.1. The third-order valence-corrected chi connectivity index (χ3v) is 3.09. The molecule has 0 fully saturated rings. The molecule has 0 spiro atoms. The van der Waals surface area contributed by atoms with Crippen molar-refractivity contribution in [2.24, 2.45) is 0 Å². The minimum Gasteiger partial charge on any atom is -0.462 e. The van der Waals surface area contributed by atoms with Crippen LogP contribution in [-0.2, 0) is 4.74 Å². The third-order valence-electron chi connectivity index (χ3n) is 3.09. The molecule has 0 atom stereocenters. The van der Waals surface area contributed by atoms with Gasteiger partial charge in [-0.1, -0.05) is 18.2 Å². The number of para-hydroxylation sites is 1. The number of fused-ring (bicyclic) bond motifs is 1. The number of rotatable bonds is 3. The molecule has 20 heavy (non-hydrogen) atoms. The van der Waals surface area contributed by atoms with Gasteiger partial charge in [-0.3, -0.25) is 4.98 Å². The van der Waals surface area contributed by atoms with E-state index in [4.69, 9.17) is 4.74 Å². The smallest absolute Gasteiger partial charge is 0.340 e. The SMILES string of the molecule is CCOC(=O)c1cccnc1-c1cc2ccccc2[nH]1. The molecule has 1 N–H and O–H groups in total. The van der Waals surface area contributed by atoms with Crippen LogP contribution < -0.4 is 0 Å². The van der Waals surface area contributed by atoms with E-state index in [1.54, 1.807) is 25.3 Å². The Balaban J connectivity index is 2.11. The Morgan fingerprint density at radius 1 is 1.25 bits per heavy atom. The number of nitrogens with one attached hydrogen (secondary N) is 1. The maximum absolute atomic E-state index is 12.0. The summed E-state index contributed by atoms with van der Waals surface area (Å²) in [4.78, 5) is 19.6. The van der Waals surface area contributed by atoms with Crippen LogP contribution in [0.25, 0.3) is 22.3 Å². The van der Waals surface area contributed by atoms with E-state index in [0.717, 1.165) is 16.6 Å². The summed E-state index contributed by atoms with van der Waals surface area (Å²) in [6.07, 6.45) is 1.67. The first-order valence-corrected chi connectivity index (χ1v) is 6.50. The van der Waals surface area contributed by atoms with E-state index in [1.165, 1.54) is 0 Å². The Hall–Kier alpha value is -2.62. The Bertz CT molecular complexity index is 729. The minimum atomic E-state index is -0.353. The molecule has 0 amide bonds. The summed E-state index contributed by atoms with van der Waals surface area (Å²) in [6.45, 7) is 2.14.